The lowest BCUT2D eigenvalue weighted by molar-refractivity contribution is -0.140. The van der Waals surface area contributed by atoms with Gasteiger partial charge >= 0.3 is 5.97 Å². The molecule has 0 heterocycles. The molecule has 0 N–H and O–H groups in total. The van der Waals surface area contributed by atoms with Crippen LogP contribution >= 0.6 is 11.6 Å². The van der Waals surface area contributed by atoms with Gasteiger partial charge in [-0.15, -0.1) is 11.6 Å². The van der Waals surface area contributed by atoms with Crippen LogP contribution in [-0.4, -0.2) is 41.2 Å². The van der Waals surface area contributed by atoms with Crippen LogP contribution in [0.2, 0.25) is 36.3 Å². The van der Waals surface area contributed by atoms with Crippen LogP contribution in [0, 0.1) is 11.8 Å². The van der Waals surface area contributed by atoms with E-state index in [-0.39, 0.29) is 39.5 Å². The van der Waals surface area contributed by atoms with Crippen LogP contribution < -0.4 is 0 Å². The van der Waals surface area contributed by atoms with Gasteiger partial charge in [-0.1, -0.05) is 97.2 Å². The first-order valence-corrected chi connectivity index (χ1v) is 23.9. The lowest BCUT2D eigenvalue weighted by Crippen LogP contribution is -2.44. The topological polar surface area (TPSA) is 44.8 Å². The first-order chi connectivity index (χ1) is 20.9. The molecule has 3 rings (SSSR count). The van der Waals surface area contributed by atoms with E-state index in [4.69, 9.17) is 25.2 Å². The van der Waals surface area contributed by atoms with Gasteiger partial charge in [-0.3, -0.25) is 4.79 Å². The summed E-state index contributed by atoms with van der Waals surface area (Å²) in [4.78, 5) is 11.5. The van der Waals surface area contributed by atoms with Crippen LogP contribution in [0.4, 0.5) is 0 Å². The SMILES string of the molecule is COC(=O)CCCC=CC[C@@H]1[C@@H](c2ccc(C(O[Si](C)(C)C(C)(C)C)C3CCCCC3)cc2)[C@H](O[Si](C)(C)C(C)(C)C)C[C@H]1Cl. The minimum atomic E-state index is -2.00. The first-order valence-electron chi connectivity index (χ1n) is 17.7. The Morgan fingerprint density at radius 2 is 1.53 bits per heavy atom. The smallest absolute Gasteiger partial charge is 0.305 e. The quantitative estimate of drug-likeness (QED) is 0.0685. The molecular weight excluding hydrogens is 612 g/mol. The van der Waals surface area contributed by atoms with E-state index in [1.807, 2.05) is 0 Å². The third kappa shape index (κ3) is 10.3. The van der Waals surface area contributed by atoms with E-state index in [0.717, 1.165) is 25.7 Å². The molecule has 0 amide bonds. The van der Waals surface area contributed by atoms with Crippen LogP contribution in [-0.2, 0) is 18.4 Å². The van der Waals surface area contributed by atoms with Gasteiger partial charge in [0.05, 0.1) is 19.3 Å². The first kappa shape index (κ1) is 38.5. The van der Waals surface area contributed by atoms with Crippen LogP contribution in [0.25, 0.3) is 0 Å². The summed E-state index contributed by atoms with van der Waals surface area (Å²) in [6.07, 6.45) is 15.2. The van der Waals surface area contributed by atoms with Gasteiger partial charge in [0.25, 0.3) is 0 Å². The van der Waals surface area contributed by atoms with Gasteiger partial charge < -0.3 is 13.6 Å². The van der Waals surface area contributed by atoms with Gasteiger partial charge in [0.2, 0.25) is 0 Å². The third-order valence-electron chi connectivity index (χ3n) is 11.5. The summed E-state index contributed by atoms with van der Waals surface area (Å²) in [5.74, 6) is 0.977. The highest BCUT2D eigenvalue weighted by Crippen LogP contribution is 2.50. The van der Waals surface area contributed by atoms with Crippen molar-refractivity contribution in [2.75, 3.05) is 7.11 Å². The molecule has 4 nitrogen and oxygen atoms in total. The van der Waals surface area contributed by atoms with Gasteiger partial charge in [0.15, 0.2) is 16.6 Å². The molecule has 1 aromatic rings. The normalized spacial score (nSPS) is 24.7. The maximum atomic E-state index is 11.5. The Morgan fingerprint density at radius 1 is 0.933 bits per heavy atom. The number of rotatable bonds is 13. The molecule has 0 spiro atoms. The zero-order valence-corrected chi connectivity index (χ0v) is 33.3. The van der Waals surface area contributed by atoms with Gasteiger partial charge in [-0.2, -0.15) is 0 Å². The molecule has 1 unspecified atom stereocenters. The molecule has 0 radical (unpaired) electrons. The number of esters is 1. The molecule has 0 aromatic heterocycles. The molecular formula is C38H65ClO4Si2. The summed E-state index contributed by atoms with van der Waals surface area (Å²) in [7, 11) is -2.50. The van der Waals surface area contributed by atoms with E-state index in [9.17, 15) is 4.79 Å². The van der Waals surface area contributed by atoms with Crippen molar-refractivity contribution in [3.8, 4) is 0 Å². The Morgan fingerprint density at radius 3 is 2.09 bits per heavy atom. The van der Waals surface area contributed by atoms with Crippen molar-refractivity contribution in [2.45, 2.75) is 166 Å². The average molecular weight is 678 g/mol. The Kier molecular flexibility index (Phi) is 13.7. The molecule has 0 bridgehead atoms. The lowest BCUT2D eigenvalue weighted by atomic mass is 9.81. The fraction of sp³-hybridized carbons (Fsp3) is 0.763. The largest absolute Gasteiger partial charge is 0.469 e. The summed E-state index contributed by atoms with van der Waals surface area (Å²) in [5, 5.41) is 0.365. The fourth-order valence-electron chi connectivity index (χ4n) is 6.59. The van der Waals surface area contributed by atoms with Crippen molar-refractivity contribution < 1.29 is 18.4 Å². The number of carbonyl (C=O) groups is 1. The molecule has 0 saturated heterocycles. The molecule has 256 valence electrons. The van der Waals surface area contributed by atoms with E-state index in [1.165, 1.54) is 50.3 Å². The van der Waals surface area contributed by atoms with Gasteiger partial charge in [0, 0.05) is 17.7 Å². The number of hydrogen-bond acceptors (Lipinski definition) is 4. The van der Waals surface area contributed by atoms with Crippen LogP contribution in [0.1, 0.15) is 129 Å². The van der Waals surface area contributed by atoms with Crippen LogP contribution in [0.3, 0.4) is 0 Å². The van der Waals surface area contributed by atoms with Gasteiger partial charge in [-0.25, -0.2) is 0 Å². The standard InChI is InChI=1S/C38H65ClO4Si2/c1-37(2,3)44(8,9)42-33-27-32(39)31(21-17-12-13-18-22-34(40)41-7)35(33)28-23-25-30(26-24-28)36(29-19-15-14-16-20-29)43-45(10,11)38(4,5)6/h12,17,23-26,29,31-33,35-36H,13-16,18-22,27H2,1-11H3/t31-,32+,33+,35+,36?/m0/s1. The second kappa shape index (κ2) is 16.0. The molecule has 7 heteroatoms. The predicted octanol–water partition coefficient (Wildman–Crippen LogP) is 11.7. The van der Waals surface area contributed by atoms with Crippen molar-refractivity contribution in [2.24, 2.45) is 11.8 Å². The van der Waals surface area contributed by atoms with Crippen molar-refractivity contribution in [1.82, 2.24) is 0 Å². The molecule has 2 fully saturated rings. The van der Waals surface area contributed by atoms with Gasteiger partial charge in [-0.05, 0) is 97.8 Å². The van der Waals surface area contributed by atoms with Crippen molar-refractivity contribution in [3.05, 3.63) is 47.5 Å². The van der Waals surface area contributed by atoms with Crippen LogP contribution in [0.15, 0.2) is 36.4 Å². The fourth-order valence-corrected chi connectivity index (χ4v) is 9.70. The maximum absolute atomic E-state index is 11.5. The minimum Gasteiger partial charge on any atom is -0.469 e. The number of carbonyl (C=O) groups excluding carboxylic acids is 1. The third-order valence-corrected chi connectivity index (χ3v) is 21.0. The highest BCUT2D eigenvalue weighted by molar-refractivity contribution is 6.74. The second-order valence-electron chi connectivity index (χ2n) is 16.9. The highest BCUT2D eigenvalue weighted by atomic mass is 35.5. The van der Waals surface area contributed by atoms with E-state index in [0.29, 0.717) is 18.3 Å². The number of allylic oxidation sites excluding steroid dienone is 2. The molecule has 2 saturated carbocycles. The number of hydrogen-bond donors (Lipinski definition) is 0. The number of unbranched alkanes of at least 4 members (excludes halogenated alkanes) is 1. The average Bonchev–Trinajstić information content (AvgIpc) is 3.26. The van der Waals surface area contributed by atoms with E-state index in [2.05, 4.69) is 104 Å². The zero-order valence-electron chi connectivity index (χ0n) is 30.5. The van der Waals surface area contributed by atoms with E-state index < -0.39 is 16.6 Å². The van der Waals surface area contributed by atoms with Crippen molar-refractivity contribution in [1.29, 1.82) is 0 Å². The summed E-state index contributed by atoms with van der Waals surface area (Å²) in [5.41, 5.74) is 2.67. The van der Waals surface area contributed by atoms with E-state index in [1.54, 1.807) is 0 Å². The predicted molar refractivity (Wildman–Crippen MR) is 196 cm³/mol. The summed E-state index contributed by atoms with van der Waals surface area (Å²) in [6.45, 7) is 23.5. The van der Waals surface area contributed by atoms with Crippen LogP contribution in [0.5, 0.6) is 0 Å². The minimum absolute atomic E-state index is 0.0565. The molecule has 1 aromatic carbocycles. The van der Waals surface area contributed by atoms with Crippen molar-refractivity contribution in [3.63, 3.8) is 0 Å². The monoisotopic (exact) mass is 676 g/mol. The Labute approximate surface area is 283 Å². The molecule has 2 aliphatic rings. The molecule has 2 aliphatic carbocycles. The highest BCUT2D eigenvalue weighted by Gasteiger charge is 2.48. The number of halogens is 1. The number of alkyl halides is 1. The zero-order chi connectivity index (χ0) is 33.6. The lowest BCUT2D eigenvalue weighted by Gasteiger charge is -2.42. The maximum Gasteiger partial charge on any atom is 0.305 e. The number of methoxy groups -OCH3 is 1. The number of ether oxygens (including phenoxy) is 1. The summed E-state index contributed by atoms with van der Waals surface area (Å²) in [6, 6.07) is 9.47. The van der Waals surface area contributed by atoms with Gasteiger partial charge in [0.1, 0.15) is 0 Å². The summed E-state index contributed by atoms with van der Waals surface area (Å²) < 4.78 is 19.2. The Bertz CT molecular complexity index is 1100. The molecule has 0 aliphatic heterocycles. The molecule has 5 atom stereocenters. The Balaban J connectivity index is 1.90. The van der Waals surface area contributed by atoms with E-state index >= 15 is 0 Å². The Hall–Kier alpha value is -0.926. The second-order valence-corrected chi connectivity index (χ2v) is 27.0. The number of benzene rings is 1. The molecule has 45 heavy (non-hydrogen) atoms. The summed E-state index contributed by atoms with van der Waals surface area (Å²) >= 11 is 7.18. The van der Waals surface area contributed by atoms with Crippen molar-refractivity contribution >= 4 is 34.2 Å².